The Bertz CT molecular complexity index is 1930. The Kier molecular flexibility index (Phi) is 18.7. The van der Waals surface area contributed by atoms with Crippen LogP contribution in [-0.4, -0.2) is 104 Å². The van der Waals surface area contributed by atoms with Crippen LogP contribution in [0.2, 0.25) is 0 Å². The van der Waals surface area contributed by atoms with E-state index in [2.05, 4.69) is 29.3 Å². The number of likely N-dealkylation sites (tertiary alicyclic amines) is 1. The number of rotatable bonds is 23. The number of unbranched alkanes of at least 4 members (excludes halogenated alkanes) is 11. The van der Waals surface area contributed by atoms with E-state index in [1.54, 1.807) is 0 Å². The van der Waals surface area contributed by atoms with E-state index in [0.29, 0.717) is 51.1 Å². The van der Waals surface area contributed by atoms with Crippen molar-refractivity contribution < 1.29 is 23.9 Å². The molecule has 4 aliphatic rings. The Labute approximate surface area is 371 Å². The van der Waals surface area contributed by atoms with E-state index in [-0.39, 0.29) is 23.8 Å². The average Bonchev–Trinajstić information content (AvgIpc) is 3.63. The summed E-state index contributed by atoms with van der Waals surface area (Å²) in [5.74, 6) is 0.703. The number of carbonyl (C=O) groups is 3. The standard InChI is InChI=1S/C52H75N5O5/c1-4-5-6-7-8-9-10-11-12-13-14-15-16-17-18-24-48(58)56-33-29-43(30-34-56)53-51(60)52(3)41(2)57(35-31-47-49(52)45-22-19-20-23-46(45)54-47)50(59)42-25-27-44(28-26-42)62-38-21-32-55-36-39-61-40-37-55/h11-12,19-20,22-23,25-28,31,41,43H,4-10,13-18,21,24,29-30,32-40H2,1-3H3,(H,53,60). The van der Waals surface area contributed by atoms with E-state index in [0.717, 1.165) is 86.1 Å². The number of hydrogen-bond donors (Lipinski definition) is 1. The minimum absolute atomic E-state index is 0.0640. The number of carbonyl (C=O) groups excluding carboxylic acids is 3. The molecule has 2 unspecified atom stereocenters. The van der Waals surface area contributed by atoms with Crippen molar-refractivity contribution >= 4 is 23.3 Å². The molecule has 1 N–H and O–H groups in total. The van der Waals surface area contributed by atoms with Gasteiger partial charge in [0.15, 0.2) is 0 Å². The van der Waals surface area contributed by atoms with E-state index in [9.17, 15) is 14.4 Å². The zero-order valence-corrected chi connectivity index (χ0v) is 38.2. The van der Waals surface area contributed by atoms with Gasteiger partial charge in [-0.15, -0.1) is 0 Å². The number of fused-ring (bicyclic) bond motifs is 2. The summed E-state index contributed by atoms with van der Waals surface area (Å²) in [6, 6.07) is 14.8. The van der Waals surface area contributed by atoms with Crippen LogP contribution in [0, 0.1) is 5.41 Å². The van der Waals surface area contributed by atoms with Crippen LogP contribution in [0.15, 0.2) is 77.4 Å². The van der Waals surface area contributed by atoms with E-state index in [4.69, 9.17) is 14.5 Å². The van der Waals surface area contributed by atoms with Crippen molar-refractivity contribution in [1.82, 2.24) is 20.0 Å². The minimum Gasteiger partial charge on any atom is -0.494 e. The molecule has 0 aromatic heterocycles. The van der Waals surface area contributed by atoms with Gasteiger partial charge in [0.25, 0.3) is 5.91 Å². The molecule has 2 fully saturated rings. The lowest BCUT2D eigenvalue weighted by molar-refractivity contribution is -0.133. The van der Waals surface area contributed by atoms with E-state index in [1.165, 1.54) is 64.2 Å². The van der Waals surface area contributed by atoms with Gasteiger partial charge in [-0.2, -0.15) is 0 Å². The molecule has 2 saturated heterocycles. The molecule has 3 amide bonds. The van der Waals surface area contributed by atoms with Crippen LogP contribution in [0.1, 0.15) is 140 Å². The van der Waals surface area contributed by atoms with Gasteiger partial charge in [0.2, 0.25) is 11.8 Å². The van der Waals surface area contributed by atoms with Gasteiger partial charge < -0.3 is 24.6 Å². The molecule has 0 radical (unpaired) electrons. The summed E-state index contributed by atoms with van der Waals surface area (Å²) >= 11 is 0. The van der Waals surface area contributed by atoms with Crippen LogP contribution in [0.3, 0.4) is 0 Å². The zero-order valence-electron chi connectivity index (χ0n) is 38.2. The largest absolute Gasteiger partial charge is 0.494 e. The Morgan fingerprint density at radius 2 is 1.50 bits per heavy atom. The molecule has 2 aromatic rings. The third-order valence-electron chi connectivity index (χ3n) is 13.6. The lowest BCUT2D eigenvalue weighted by Gasteiger charge is -2.42. The van der Waals surface area contributed by atoms with Gasteiger partial charge in [-0.3, -0.25) is 19.3 Å². The van der Waals surface area contributed by atoms with Crippen molar-refractivity contribution in [1.29, 1.82) is 0 Å². The van der Waals surface area contributed by atoms with E-state index >= 15 is 0 Å². The number of allylic oxidation sites excluding steroid dienone is 3. The number of ether oxygens (including phenoxy) is 2. The highest BCUT2D eigenvalue weighted by molar-refractivity contribution is 6.00. The van der Waals surface area contributed by atoms with Crippen molar-refractivity contribution in [2.24, 2.45) is 10.4 Å². The highest BCUT2D eigenvalue weighted by Crippen LogP contribution is 2.43. The summed E-state index contributed by atoms with van der Waals surface area (Å²) in [4.78, 5) is 53.5. The number of piperidine rings is 1. The fourth-order valence-electron chi connectivity index (χ4n) is 9.50. The second-order valence-electron chi connectivity index (χ2n) is 18.1. The first-order valence-corrected chi connectivity index (χ1v) is 24.3. The highest BCUT2D eigenvalue weighted by atomic mass is 16.5. The van der Waals surface area contributed by atoms with Gasteiger partial charge >= 0.3 is 0 Å². The molecule has 0 saturated carbocycles. The van der Waals surface area contributed by atoms with Crippen molar-refractivity contribution in [3.63, 3.8) is 0 Å². The van der Waals surface area contributed by atoms with Gasteiger partial charge in [0.05, 0.1) is 36.3 Å². The topological polar surface area (TPSA) is 104 Å². The number of nitrogens with one attached hydrogen (secondary N) is 1. The summed E-state index contributed by atoms with van der Waals surface area (Å²) in [7, 11) is 0. The van der Waals surface area contributed by atoms with E-state index in [1.807, 2.05) is 78.3 Å². The molecular formula is C52H75N5O5. The van der Waals surface area contributed by atoms with Crippen LogP contribution in [0.5, 0.6) is 5.75 Å². The molecule has 4 aliphatic heterocycles. The molecule has 0 bridgehead atoms. The smallest absolute Gasteiger partial charge is 0.254 e. The maximum Gasteiger partial charge on any atom is 0.254 e. The second kappa shape index (κ2) is 24.5. The van der Waals surface area contributed by atoms with Gasteiger partial charge in [-0.25, -0.2) is 4.99 Å². The highest BCUT2D eigenvalue weighted by Gasteiger charge is 2.50. The Morgan fingerprint density at radius 1 is 0.839 bits per heavy atom. The lowest BCUT2D eigenvalue weighted by atomic mass is 9.73. The number of nitrogens with zero attached hydrogens (tertiary/aromatic N) is 4. The Hall–Kier alpha value is -4.28. The average molecular weight is 850 g/mol. The number of morpholine rings is 1. The Morgan fingerprint density at radius 3 is 2.21 bits per heavy atom. The third-order valence-corrected chi connectivity index (χ3v) is 13.6. The molecule has 0 spiro atoms. The maximum absolute atomic E-state index is 14.8. The predicted octanol–water partition coefficient (Wildman–Crippen LogP) is 8.15. The number of hydrogen-bond acceptors (Lipinski definition) is 7. The van der Waals surface area contributed by atoms with Gasteiger partial charge in [-0.05, 0) is 102 Å². The number of benzene rings is 2. The van der Waals surface area contributed by atoms with Gasteiger partial charge in [0.1, 0.15) is 5.75 Å². The normalized spacial score (nSPS) is 20.7. The summed E-state index contributed by atoms with van der Waals surface area (Å²) in [6.07, 6.45) is 25.8. The molecule has 2 atom stereocenters. The van der Waals surface area contributed by atoms with Crippen molar-refractivity contribution in [2.75, 3.05) is 59.1 Å². The van der Waals surface area contributed by atoms with Crippen molar-refractivity contribution in [3.05, 3.63) is 88.6 Å². The number of amides is 3. The first-order valence-electron chi connectivity index (χ1n) is 24.3. The molecule has 10 nitrogen and oxygen atoms in total. The van der Waals surface area contributed by atoms with Crippen LogP contribution in [-0.2, 0) is 14.3 Å². The monoisotopic (exact) mass is 850 g/mol. The fourth-order valence-corrected chi connectivity index (χ4v) is 9.50. The quantitative estimate of drug-likeness (QED) is 0.0895. The summed E-state index contributed by atoms with van der Waals surface area (Å²) < 4.78 is 11.5. The zero-order chi connectivity index (χ0) is 43.6. The third kappa shape index (κ3) is 12.9. The van der Waals surface area contributed by atoms with Crippen LogP contribution >= 0.6 is 0 Å². The van der Waals surface area contributed by atoms with Crippen LogP contribution in [0.25, 0.3) is 5.57 Å². The molecule has 4 heterocycles. The van der Waals surface area contributed by atoms with Crippen LogP contribution in [0.4, 0.5) is 0 Å². The molecule has 62 heavy (non-hydrogen) atoms. The molecule has 6 rings (SSSR count). The number of para-hydroxylation sites is 1. The molecule has 0 aliphatic carbocycles. The summed E-state index contributed by atoms with van der Waals surface area (Å²) in [5, 5.41) is 5.19. The molecule has 338 valence electrons. The van der Waals surface area contributed by atoms with Gasteiger partial charge in [0, 0.05) is 74.1 Å². The molecule has 2 aromatic carbocycles. The van der Waals surface area contributed by atoms with E-state index < -0.39 is 11.5 Å². The SMILES string of the molecule is CCCCCCCCC=CCCCCCCCC(=O)N1CCC(NC(=O)C2(C)C3=c4ccccc4=NC3=CCN(C(=O)c3ccc(OCCCN4CCOCC4)cc3)C2C)CC1. The molecular weight excluding hydrogens is 775 g/mol. The van der Waals surface area contributed by atoms with Crippen molar-refractivity contribution in [2.45, 2.75) is 142 Å². The maximum atomic E-state index is 14.8. The summed E-state index contributed by atoms with van der Waals surface area (Å²) in [6.45, 7) is 12.9. The lowest BCUT2D eigenvalue weighted by Crippen LogP contribution is -2.57. The first-order chi connectivity index (χ1) is 30.3. The second-order valence-corrected chi connectivity index (χ2v) is 18.1. The predicted molar refractivity (Wildman–Crippen MR) is 248 cm³/mol. The first kappa shape index (κ1) is 47.2. The fraction of sp³-hybridized carbons (Fsp3) is 0.615. The van der Waals surface area contributed by atoms with Gasteiger partial charge in [-0.1, -0.05) is 88.6 Å². The van der Waals surface area contributed by atoms with Crippen molar-refractivity contribution in [3.8, 4) is 5.75 Å². The molecule has 10 heteroatoms. The minimum atomic E-state index is -1.09. The van der Waals surface area contributed by atoms with Crippen LogP contribution < -0.4 is 20.6 Å². The Balaban J connectivity index is 0.975. The summed E-state index contributed by atoms with van der Waals surface area (Å²) in [5.41, 5.74) is 1.07.